The highest BCUT2D eigenvalue weighted by Gasteiger charge is 2.29. The Hall–Kier alpha value is -3.32. The lowest BCUT2D eigenvalue weighted by Gasteiger charge is -2.27. The molecule has 0 aliphatic heterocycles. The normalized spacial score (nSPS) is 12.3. The molecule has 0 spiro atoms. The summed E-state index contributed by atoms with van der Waals surface area (Å²) < 4.78 is 34.1. The van der Waals surface area contributed by atoms with E-state index in [1.807, 2.05) is 39.8 Å². The van der Waals surface area contributed by atoms with Crippen molar-refractivity contribution in [2.24, 2.45) is 0 Å². The summed E-state index contributed by atoms with van der Waals surface area (Å²) in [5, 5.41) is 3.01. The summed E-state index contributed by atoms with van der Waals surface area (Å²) in [7, 11) is -2.31. The van der Waals surface area contributed by atoms with E-state index in [1.54, 1.807) is 49.6 Å². The summed E-state index contributed by atoms with van der Waals surface area (Å²) >= 11 is 0. The Bertz CT molecular complexity index is 1330. The zero-order valence-electron chi connectivity index (χ0n) is 22.1. The molecule has 1 atom stereocenters. The van der Waals surface area contributed by atoms with Crippen molar-refractivity contribution in [1.29, 1.82) is 0 Å². The molecular weight excluding hydrogens is 472 g/mol. The van der Waals surface area contributed by atoms with Gasteiger partial charge >= 0.3 is 0 Å². The van der Waals surface area contributed by atoms with Crippen LogP contribution in [0.4, 0.5) is 5.69 Å². The lowest BCUT2D eigenvalue weighted by molar-refractivity contribution is -0.120. The van der Waals surface area contributed by atoms with Crippen molar-refractivity contribution in [1.82, 2.24) is 5.32 Å². The molecule has 0 fully saturated rings. The highest BCUT2D eigenvalue weighted by atomic mass is 32.2. The first-order chi connectivity index (χ1) is 17.0. The van der Waals surface area contributed by atoms with E-state index in [-0.39, 0.29) is 29.3 Å². The van der Waals surface area contributed by atoms with Gasteiger partial charge in [0.1, 0.15) is 12.3 Å². The number of anilines is 1. The lowest BCUT2D eigenvalue weighted by atomic mass is 9.93. The standard InChI is InChI=1S/C29H36N2O4S/c1-19(2)25-17-26(21(4)16-28(25)35-7)23(6)30-29(32)18-31(27-15-11-12-20(3)22(27)5)36(33,34)24-13-9-8-10-14-24/h8-17,19,23H,18H2,1-7H3,(H,30,32)/t23-/m1/s1. The summed E-state index contributed by atoms with van der Waals surface area (Å²) in [5.41, 5.74) is 5.27. The molecule has 0 saturated heterocycles. The minimum atomic E-state index is -3.97. The number of hydrogen-bond acceptors (Lipinski definition) is 4. The molecule has 192 valence electrons. The third-order valence-corrected chi connectivity index (χ3v) is 8.32. The Labute approximate surface area is 215 Å². The van der Waals surface area contributed by atoms with Gasteiger partial charge in [0, 0.05) is 0 Å². The van der Waals surface area contributed by atoms with Gasteiger partial charge < -0.3 is 10.1 Å². The van der Waals surface area contributed by atoms with Gasteiger partial charge in [0.15, 0.2) is 0 Å². The van der Waals surface area contributed by atoms with Crippen LogP contribution in [0.2, 0.25) is 0 Å². The van der Waals surface area contributed by atoms with Gasteiger partial charge in [-0.1, -0.05) is 44.2 Å². The van der Waals surface area contributed by atoms with Gasteiger partial charge in [0.25, 0.3) is 10.0 Å². The van der Waals surface area contributed by atoms with Gasteiger partial charge in [0.2, 0.25) is 5.91 Å². The largest absolute Gasteiger partial charge is 0.496 e. The van der Waals surface area contributed by atoms with Crippen molar-refractivity contribution in [3.05, 3.63) is 88.5 Å². The first kappa shape index (κ1) is 27.3. The molecule has 0 bridgehead atoms. The minimum absolute atomic E-state index is 0.138. The molecule has 0 aliphatic carbocycles. The highest BCUT2D eigenvalue weighted by molar-refractivity contribution is 7.92. The molecule has 3 aromatic rings. The van der Waals surface area contributed by atoms with E-state index < -0.39 is 10.0 Å². The van der Waals surface area contributed by atoms with Crippen molar-refractivity contribution in [2.45, 2.75) is 58.4 Å². The fourth-order valence-corrected chi connectivity index (χ4v) is 5.83. The maximum absolute atomic E-state index is 13.7. The number of aryl methyl sites for hydroxylation is 2. The van der Waals surface area contributed by atoms with Crippen LogP contribution in [0, 0.1) is 20.8 Å². The average molecular weight is 509 g/mol. The van der Waals surface area contributed by atoms with Crippen molar-refractivity contribution in [2.75, 3.05) is 18.0 Å². The second kappa shape index (κ2) is 11.2. The summed E-state index contributed by atoms with van der Waals surface area (Å²) in [4.78, 5) is 13.4. The highest BCUT2D eigenvalue weighted by Crippen LogP contribution is 2.32. The summed E-state index contributed by atoms with van der Waals surface area (Å²) in [6.45, 7) is 11.5. The molecular formula is C29H36N2O4S. The molecule has 0 aliphatic rings. The maximum Gasteiger partial charge on any atom is 0.264 e. The van der Waals surface area contributed by atoms with Crippen molar-refractivity contribution >= 4 is 21.6 Å². The quantitative estimate of drug-likeness (QED) is 0.395. The fourth-order valence-electron chi connectivity index (χ4n) is 4.33. The number of ether oxygens (including phenoxy) is 1. The predicted octanol–water partition coefficient (Wildman–Crippen LogP) is 5.82. The van der Waals surface area contributed by atoms with Crippen LogP contribution >= 0.6 is 0 Å². The Balaban J connectivity index is 1.95. The Morgan fingerprint density at radius 3 is 2.19 bits per heavy atom. The first-order valence-electron chi connectivity index (χ1n) is 12.1. The van der Waals surface area contributed by atoms with Crippen molar-refractivity contribution in [3.63, 3.8) is 0 Å². The number of rotatable bonds is 9. The predicted molar refractivity (Wildman–Crippen MR) is 145 cm³/mol. The molecule has 0 saturated carbocycles. The van der Waals surface area contributed by atoms with Gasteiger partial charge in [-0.15, -0.1) is 0 Å². The van der Waals surface area contributed by atoms with Crippen LogP contribution in [0.1, 0.15) is 60.5 Å². The number of carbonyl (C=O) groups is 1. The molecule has 0 unspecified atom stereocenters. The van der Waals surface area contributed by atoms with Crippen LogP contribution in [0.5, 0.6) is 5.75 Å². The second-order valence-corrected chi connectivity index (χ2v) is 11.3. The minimum Gasteiger partial charge on any atom is -0.496 e. The van der Waals surface area contributed by atoms with E-state index >= 15 is 0 Å². The van der Waals surface area contributed by atoms with Crippen LogP contribution in [0.3, 0.4) is 0 Å². The van der Waals surface area contributed by atoms with Gasteiger partial charge in [0.05, 0.1) is 23.7 Å². The smallest absolute Gasteiger partial charge is 0.264 e. The number of nitrogens with zero attached hydrogens (tertiary/aromatic N) is 1. The average Bonchev–Trinajstić information content (AvgIpc) is 2.84. The monoisotopic (exact) mass is 508 g/mol. The third-order valence-electron chi connectivity index (χ3n) is 6.55. The fraction of sp³-hybridized carbons (Fsp3) is 0.345. The van der Waals surface area contributed by atoms with E-state index in [1.165, 1.54) is 4.31 Å². The van der Waals surface area contributed by atoms with E-state index in [0.717, 1.165) is 33.6 Å². The number of amides is 1. The van der Waals surface area contributed by atoms with E-state index in [9.17, 15) is 13.2 Å². The molecule has 1 amide bonds. The summed E-state index contributed by atoms with van der Waals surface area (Å²) in [6.07, 6.45) is 0. The molecule has 3 aromatic carbocycles. The van der Waals surface area contributed by atoms with E-state index in [2.05, 4.69) is 25.2 Å². The molecule has 36 heavy (non-hydrogen) atoms. The van der Waals surface area contributed by atoms with Crippen LogP contribution in [-0.4, -0.2) is 28.0 Å². The number of nitrogens with one attached hydrogen (secondary N) is 1. The molecule has 0 radical (unpaired) electrons. The zero-order valence-corrected chi connectivity index (χ0v) is 22.9. The van der Waals surface area contributed by atoms with Crippen LogP contribution < -0.4 is 14.4 Å². The molecule has 1 N–H and O–H groups in total. The van der Waals surface area contributed by atoms with E-state index in [4.69, 9.17) is 4.74 Å². The number of carbonyl (C=O) groups excluding carboxylic acids is 1. The van der Waals surface area contributed by atoms with Gasteiger partial charge in [-0.05, 0) is 91.8 Å². The van der Waals surface area contributed by atoms with Crippen LogP contribution in [0.15, 0.2) is 65.6 Å². The number of methoxy groups -OCH3 is 1. The summed E-state index contributed by atoms with van der Waals surface area (Å²) in [5.74, 6) is 0.682. The third kappa shape index (κ3) is 5.73. The lowest BCUT2D eigenvalue weighted by Crippen LogP contribution is -2.42. The topological polar surface area (TPSA) is 75.7 Å². The summed E-state index contributed by atoms with van der Waals surface area (Å²) in [6, 6.07) is 17.4. The Morgan fingerprint density at radius 2 is 1.58 bits per heavy atom. The number of sulfonamides is 1. The van der Waals surface area contributed by atoms with Crippen LogP contribution in [-0.2, 0) is 14.8 Å². The zero-order chi connectivity index (χ0) is 26.6. The second-order valence-electron chi connectivity index (χ2n) is 9.44. The Morgan fingerprint density at radius 1 is 0.917 bits per heavy atom. The molecule has 7 heteroatoms. The molecule has 0 aromatic heterocycles. The molecule has 0 heterocycles. The molecule has 6 nitrogen and oxygen atoms in total. The van der Waals surface area contributed by atoms with Crippen LogP contribution in [0.25, 0.3) is 0 Å². The van der Waals surface area contributed by atoms with E-state index in [0.29, 0.717) is 5.69 Å². The first-order valence-corrected chi connectivity index (χ1v) is 13.5. The number of benzene rings is 3. The maximum atomic E-state index is 13.7. The molecule has 3 rings (SSSR count). The number of hydrogen-bond donors (Lipinski definition) is 1. The van der Waals surface area contributed by atoms with Crippen molar-refractivity contribution < 1.29 is 17.9 Å². The Kier molecular flexibility index (Phi) is 8.46. The van der Waals surface area contributed by atoms with Gasteiger partial charge in [-0.25, -0.2) is 8.42 Å². The SMILES string of the molecule is COc1cc(C)c([C@@H](C)NC(=O)CN(c2cccc(C)c2C)S(=O)(=O)c2ccccc2)cc1C(C)C. The van der Waals surface area contributed by atoms with Crippen molar-refractivity contribution in [3.8, 4) is 5.75 Å². The van der Waals surface area contributed by atoms with Gasteiger partial charge in [-0.2, -0.15) is 0 Å². The van der Waals surface area contributed by atoms with Gasteiger partial charge in [-0.3, -0.25) is 9.10 Å².